The van der Waals surface area contributed by atoms with Gasteiger partial charge in [-0.3, -0.25) is 0 Å². The number of hydrogen-bond donors (Lipinski definition) is 1. The molecule has 1 aromatic rings. The number of piperidine rings is 1. The van der Waals surface area contributed by atoms with Gasteiger partial charge in [0.05, 0.1) is 11.9 Å². The number of aromatic nitrogens is 1. The van der Waals surface area contributed by atoms with Crippen LogP contribution in [0.4, 0.5) is 5.69 Å². The Balaban J connectivity index is 1.98. The van der Waals surface area contributed by atoms with Crippen LogP contribution in [-0.4, -0.2) is 24.1 Å². The zero-order valence-electron chi connectivity index (χ0n) is 10.1. The topological polar surface area (TPSA) is 65.9 Å². The number of anilines is 1. The van der Waals surface area contributed by atoms with E-state index in [0.29, 0.717) is 11.6 Å². The lowest BCUT2D eigenvalue weighted by Crippen LogP contribution is -2.39. The largest absolute Gasteiger partial charge is 0.370 e. The van der Waals surface area contributed by atoms with E-state index in [-0.39, 0.29) is 6.04 Å². The molecule has 17 heavy (non-hydrogen) atoms. The number of nitriles is 1. The molecule has 4 heteroatoms. The second-order valence-electron chi connectivity index (χ2n) is 4.70. The van der Waals surface area contributed by atoms with E-state index < -0.39 is 0 Å². The highest BCUT2D eigenvalue weighted by Gasteiger charge is 2.21. The van der Waals surface area contributed by atoms with Gasteiger partial charge in [0.25, 0.3) is 0 Å². The molecule has 2 rings (SSSR count). The third-order valence-electron chi connectivity index (χ3n) is 3.51. The molecule has 2 N–H and O–H groups in total. The van der Waals surface area contributed by atoms with Crippen molar-refractivity contribution in [2.45, 2.75) is 25.8 Å². The third kappa shape index (κ3) is 2.75. The molecule has 0 saturated carbocycles. The third-order valence-corrected chi connectivity index (χ3v) is 3.51. The van der Waals surface area contributed by atoms with Crippen molar-refractivity contribution in [2.24, 2.45) is 11.7 Å². The van der Waals surface area contributed by atoms with Gasteiger partial charge in [-0.05, 0) is 37.8 Å². The first-order valence-electron chi connectivity index (χ1n) is 6.07. The number of rotatable bonds is 2. The van der Waals surface area contributed by atoms with E-state index in [9.17, 15) is 0 Å². The van der Waals surface area contributed by atoms with Gasteiger partial charge < -0.3 is 10.6 Å². The van der Waals surface area contributed by atoms with Crippen LogP contribution in [0.15, 0.2) is 18.3 Å². The molecular formula is C13H18N4. The average molecular weight is 230 g/mol. The maximum atomic E-state index is 8.69. The van der Waals surface area contributed by atoms with E-state index in [4.69, 9.17) is 11.0 Å². The summed E-state index contributed by atoms with van der Waals surface area (Å²) in [6.07, 6.45) is 4.06. The molecule has 90 valence electrons. The smallest absolute Gasteiger partial charge is 0.140 e. The van der Waals surface area contributed by atoms with Gasteiger partial charge in [0.2, 0.25) is 0 Å². The summed E-state index contributed by atoms with van der Waals surface area (Å²) < 4.78 is 0. The molecule has 0 radical (unpaired) electrons. The molecule has 1 aliphatic heterocycles. The van der Waals surface area contributed by atoms with Crippen LogP contribution in [-0.2, 0) is 0 Å². The minimum atomic E-state index is 0.288. The van der Waals surface area contributed by atoms with E-state index >= 15 is 0 Å². The summed E-state index contributed by atoms with van der Waals surface area (Å²) in [5, 5.41) is 8.69. The Labute approximate surface area is 102 Å². The van der Waals surface area contributed by atoms with Crippen LogP contribution >= 0.6 is 0 Å². The fourth-order valence-electron chi connectivity index (χ4n) is 2.32. The van der Waals surface area contributed by atoms with E-state index in [1.165, 1.54) is 0 Å². The Bertz CT molecular complexity index is 396. The second-order valence-corrected chi connectivity index (χ2v) is 4.70. The fraction of sp³-hybridized carbons (Fsp3) is 0.538. The predicted octanol–water partition coefficient (Wildman–Crippen LogP) is 1.52. The molecule has 1 aromatic heterocycles. The van der Waals surface area contributed by atoms with Crippen molar-refractivity contribution in [3.8, 4) is 6.07 Å². The number of pyridine rings is 1. The van der Waals surface area contributed by atoms with Crippen molar-refractivity contribution in [2.75, 3.05) is 18.0 Å². The average Bonchev–Trinajstić information content (AvgIpc) is 2.39. The summed E-state index contributed by atoms with van der Waals surface area (Å²) >= 11 is 0. The van der Waals surface area contributed by atoms with Gasteiger partial charge in [0, 0.05) is 19.1 Å². The Morgan fingerprint density at radius 1 is 1.47 bits per heavy atom. The summed E-state index contributed by atoms with van der Waals surface area (Å²) in [5.74, 6) is 0.637. The van der Waals surface area contributed by atoms with Crippen LogP contribution in [0.1, 0.15) is 25.5 Å². The van der Waals surface area contributed by atoms with Crippen molar-refractivity contribution >= 4 is 5.69 Å². The summed E-state index contributed by atoms with van der Waals surface area (Å²) in [6, 6.07) is 6.06. The number of hydrogen-bond acceptors (Lipinski definition) is 4. The van der Waals surface area contributed by atoms with Crippen LogP contribution < -0.4 is 10.6 Å². The Morgan fingerprint density at radius 2 is 2.18 bits per heavy atom. The van der Waals surface area contributed by atoms with Gasteiger partial charge in [-0.15, -0.1) is 0 Å². The normalized spacial score (nSPS) is 18.8. The maximum Gasteiger partial charge on any atom is 0.140 e. The van der Waals surface area contributed by atoms with E-state index in [1.807, 2.05) is 12.1 Å². The first kappa shape index (κ1) is 11.9. The van der Waals surface area contributed by atoms with Gasteiger partial charge in [-0.1, -0.05) is 0 Å². The van der Waals surface area contributed by atoms with Crippen molar-refractivity contribution in [1.29, 1.82) is 5.26 Å². The van der Waals surface area contributed by atoms with E-state index in [2.05, 4.69) is 16.8 Å². The number of nitrogens with zero attached hydrogens (tertiary/aromatic N) is 3. The molecule has 0 aromatic carbocycles. The minimum absolute atomic E-state index is 0.288. The highest BCUT2D eigenvalue weighted by molar-refractivity contribution is 5.46. The minimum Gasteiger partial charge on any atom is -0.370 e. The van der Waals surface area contributed by atoms with Crippen molar-refractivity contribution in [3.63, 3.8) is 0 Å². The molecule has 4 nitrogen and oxygen atoms in total. The zero-order chi connectivity index (χ0) is 12.3. The molecule has 0 bridgehead atoms. The molecule has 0 aliphatic carbocycles. The summed E-state index contributed by atoms with van der Waals surface area (Å²) in [5.41, 5.74) is 7.50. The van der Waals surface area contributed by atoms with E-state index in [1.54, 1.807) is 12.3 Å². The van der Waals surface area contributed by atoms with E-state index in [0.717, 1.165) is 31.6 Å². The molecule has 1 atom stereocenters. The standard InChI is InChI=1S/C13H18N4/c1-10(15)11-4-6-17(7-5-11)13-3-2-12(8-14)16-9-13/h2-3,9-11H,4-7,15H2,1H3. The van der Waals surface area contributed by atoms with Crippen LogP contribution in [0.25, 0.3) is 0 Å². The fourth-order valence-corrected chi connectivity index (χ4v) is 2.32. The molecule has 2 heterocycles. The first-order chi connectivity index (χ1) is 8.20. The summed E-state index contributed by atoms with van der Waals surface area (Å²) in [6.45, 7) is 4.14. The highest BCUT2D eigenvalue weighted by atomic mass is 15.1. The van der Waals surface area contributed by atoms with Gasteiger partial charge in [0.1, 0.15) is 11.8 Å². The SMILES string of the molecule is CC(N)C1CCN(c2ccc(C#N)nc2)CC1. The molecule has 0 spiro atoms. The van der Waals surface area contributed by atoms with Crippen molar-refractivity contribution < 1.29 is 0 Å². The van der Waals surface area contributed by atoms with Gasteiger partial charge in [-0.25, -0.2) is 4.98 Å². The lowest BCUT2D eigenvalue weighted by atomic mass is 9.91. The molecule has 0 amide bonds. The van der Waals surface area contributed by atoms with Crippen LogP contribution in [0.2, 0.25) is 0 Å². The molecular weight excluding hydrogens is 212 g/mol. The lowest BCUT2D eigenvalue weighted by molar-refractivity contribution is 0.354. The summed E-state index contributed by atoms with van der Waals surface area (Å²) in [7, 11) is 0. The van der Waals surface area contributed by atoms with Gasteiger partial charge in [0.15, 0.2) is 0 Å². The van der Waals surface area contributed by atoms with Crippen LogP contribution in [0.3, 0.4) is 0 Å². The monoisotopic (exact) mass is 230 g/mol. The van der Waals surface area contributed by atoms with Crippen molar-refractivity contribution in [3.05, 3.63) is 24.0 Å². The summed E-state index contributed by atoms with van der Waals surface area (Å²) in [4.78, 5) is 6.41. The predicted molar refractivity (Wildman–Crippen MR) is 67.5 cm³/mol. The maximum absolute atomic E-state index is 8.69. The highest BCUT2D eigenvalue weighted by Crippen LogP contribution is 2.24. The number of nitrogens with two attached hydrogens (primary N) is 1. The Kier molecular flexibility index (Phi) is 3.60. The van der Waals surface area contributed by atoms with Crippen LogP contribution in [0, 0.1) is 17.2 Å². The van der Waals surface area contributed by atoms with Crippen molar-refractivity contribution in [1.82, 2.24) is 4.98 Å². The van der Waals surface area contributed by atoms with Gasteiger partial charge >= 0.3 is 0 Å². The quantitative estimate of drug-likeness (QED) is 0.836. The molecule has 1 unspecified atom stereocenters. The molecule has 1 aliphatic rings. The Hall–Kier alpha value is -1.60. The zero-order valence-corrected chi connectivity index (χ0v) is 10.1. The second kappa shape index (κ2) is 5.15. The van der Waals surface area contributed by atoms with Gasteiger partial charge in [-0.2, -0.15) is 5.26 Å². The lowest BCUT2D eigenvalue weighted by Gasteiger charge is -2.34. The molecule has 1 fully saturated rings. The Morgan fingerprint density at radius 3 is 2.65 bits per heavy atom. The van der Waals surface area contributed by atoms with Crippen LogP contribution in [0.5, 0.6) is 0 Å². The first-order valence-corrected chi connectivity index (χ1v) is 6.07. The molecule has 1 saturated heterocycles.